The summed E-state index contributed by atoms with van der Waals surface area (Å²) in [5.41, 5.74) is 1.30. The number of nitrogens with one attached hydrogen (secondary N) is 3. The number of nitrogens with zero attached hydrogens (tertiary/aromatic N) is 2. The number of esters is 2. The SMILES string of the molecule is CNc1ccc(C(=O)CC(O)CC[C@H](C)[C@H]2OC(=O)C[C@H](O)CC(=O)C[C@H](O)C[C@H](O)C[C@H](O)C[C@H](O)C[C@]3(O)C[C@H](O)[C@@H](C(=O)NCCN(C)C)C(C[C@@H](O[C@@H]4O[C@H](C)[C@@H](O)[C@H](NC(=O)CN(C)C)[C@@H]4O)/C=C/C=C/C=C/C=C\C=C/C=C/C=C/[C@@H]2C)O3)cc1.O=C1O[C@H]([C@@H](O)CO)C(O)=C1O. The number of amides is 2. The standard InChI is InChI=1S/C67H103N5O19.C6H8O6/c1-42-21-19-17-15-13-11-9-10-12-14-16-18-20-22-54(89-66-63(85)61(62(84)44(3)88-66)70-58(82)41-72(7)8)38-57-60(65(86)69-29-30-71(5)6)56(81)40-67(87,91-57)39-53(79)35-51(77)33-49(75)31-48(74)32-50(76)34-52(78)37-59(83)90-64(42)43(2)23-28-47(73)36-55(80)45-24-26-46(68-4)27-25-45;7-1-2(8)5-3(9)4(10)6(11)12-5/h9-22,24-27,42-44,47-49,51-54,56-57,60-64,66,68,73-75,77-79,81,84-85,87H,23,28-41H2,1-8H3,(H,69,86)(H,70,82);2,5,7-10H,1H2/b10-9-,13-11-,14-12+,17-15+,18-16+,21-19+,22-20+;/t42-,43-,44+,47?,48+,49-,51-,52+,53-,54-,56-,57?,60+,61-,62+,63-,64-,66-,67+;2-,5+/m00/s1. The van der Waals surface area contributed by atoms with E-state index in [1.165, 1.54) is 6.92 Å². The van der Waals surface area contributed by atoms with Gasteiger partial charge in [-0.2, -0.15) is 0 Å². The number of hydrogen-bond acceptors (Lipinski definition) is 28. The second-order valence-electron chi connectivity index (χ2n) is 27.2. The number of hydrogen-bond donors (Lipinski definition) is 17. The fourth-order valence-electron chi connectivity index (χ4n) is 12.1. The first kappa shape index (κ1) is 88.5. The zero-order valence-corrected chi connectivity index (χ0v) is 59.9. The predicted octanol–water partition coefficient (Wildman–Crippen LogP) is 0.651. The zero-order chi connectivity index (χ0) is 76.7. The van der Waals surface area contributed by atoms with Gasteiger partial charge < -0.3 is 121 Å². The number of aliphatic hydroxyl groups excluding tert-OH is 13. The number of anilines is 1. The van der Waals surface area contributed by atoms with Crippen LogP contribution in [-0.2, 0) is 47.7 Å². The first-order valence-corrected chi connectivity index (χ1v) is 34.7. The van der Waals surface area contributed by atoms with Crippen LogP contribution in [0.3, 0.4) is 0 Å². The average Bonchev–Trinajstić information content (AvgIpc) is 1.51. The normalized spacial score (nSPS) is 33.8. The first-order valence-electron chi connectivity index (χ1n) is 34.7. The smallest absolute Gasteiger partial charge is 0.377 e. The van der Waals surface area contributed by atoms with Gasteiger partial charge in [0.05, 0.1) is 92.6 Å². The van der Waals surface area contributed by atoms with Crippen LogP contribution in [0.25, 0.3) is 0 Å². The van der Waals surface area contributed by atoms with Gasteiger partial charge in [-0.25, -0.2) is 4.79 Å². The molecule has 4 aliphatic heterocycles. The van der Waals surface area contributed by atoms with Crippen LogP contribution in [0.1, 0.15) is 108 Å². The number of carbonyl (C=O) groups is 6. The molecule has 21 atom stereocenters. The maximum Gasteiger partial charge on any atom is 0.377 e. The molecule has 17 N–H and O–H groups in total. The highest BCUT2D eigenvalue weighted by molar-refractivity contribution is 5.96. The minimum Gasteiger partial charge on any atom is -0.505 e. The molecule has 0 saturated carbocycles. The van der Waals surface area contributed by atoms with E-state index in [2.05, 4.69) is 20.7 Å². The molecule has 5 rings (SSSR count). The van der Waals surface area contributed by atoms with E-state index in [9.17, 15) is 79.8 Å². The maximum atomic E-state index is 14.0. The van der Waals surface area contributed by atoms with Gasteiger partial charge in [-0.1, -0.05) is 98.9 Å². The van der Waals surface area contributed by atoms with E-state index in [0.29, 0.717) is 18.5 Å². The van der Waals surface area contributed by atoms with Crippen molar-refractivity contribution in [3.05, 3.63) is 126 Å². The predicted molar refractivity (Wildman–Crippen MR) is 377 cm³/mol. The molecule has 0 radical (unpaired) electrons. The van der Waals surface area contributed by atoms with Crippen molar-refractivity contribution in [2.45, 2.75) is 207 Å². The van der Waals surface area contributed by atoms with E-state index < -0.39 is 215 Å². The molecule has 30 heteroatoms. The third-order valence-electron chi connectivity index (χ3n) is 17.5. The van der Waals surface area contributed by atoms with E-state index in [1.807, 2.05) is 38.9 Å². The molecule has 2 amide bonds. The lowest BCUT2D eigenvalue weighted by atomic mass is 9.82. The summed E-state index contributed by atoms with van der Waals surface area (Å²) in [4.78, 5) is 80.3. The Morgan fingerprint density at radius 1 is 0.699 bits per heavy atom. The van der Waals surface area contributed by atoms with Gasteiger partial charge in [-0.15, -0.1) is 0 Å². The van der Waals surface area contributed by atoms with Gasteiger partial charge in [-0.05, 0) is 97.4 Å². The number of allylic oxidation sites excluding steroid dienone is 12. The minimum absolute atomic E-state index is 0.0513. The van der Waals surface area contributed by atoms with Crippen LogP contribution < -0.4 is 16.0 Å². The Kier molecular flexibility index (Phi) is 38.5. The van der Waals surface area contributed by atoms with Crippen LogP contribution in [0, 0.1) is 17.8 Å². The summed E-state index contributed by atoms with van der Waals surface area (Å²) in [6.45, 7) is 5.14. The molecule has 30 nitrogen and oxygen atoms in total. The Morgan fingerprint density at radius 3 is 1.83 bits per heavy atom. The highest BCUT2D eigenvalue weighted by atomic mass is 16.7. The summed E-state index contributed by atoms with van der Waals surface area (Å²) < 4.78 is 28.9. The summed E-state index contributed by atoms with van der Waals surface area (Å²) in [5, 5.41) is 156. The largest absolute Gasteiger partial charge is 0.505 e. The lowest BCUT2D eigenvalue weighted by molar-refractivity contribution is -0.307. The summed E-state index contributed by atoms with van der Waals surface area (Å²) >= 11 is 0. The van der Waals surface area contributed by atoms with Crippen molar-refractivity contribution >= 4 is 41.0 Å². The van der Waals surface area contributed by atoms with Crippen LogP contribution in [0.4, 0.5) is 5.69 Å². The van der Waals surface area contributed by atoms with Crippen LogP contribution in [0.15, 0.2) is 121 Å². The highest BCUT2D eigenvalue weighted by Gasteiger charge is 2.51. The molecule has 0 spiro atoms. The van der Waals surface area contributed by atoms with Crippen molar-refractivity contribution in [2.75, 3.05) is 66.8 Å². The number of Topliss-reactive ketones (excluding diaryl/α,β-unsaturated/α-hetero) is 2. The molecular weight excluding hydrogens is 1350 g/mol. The van der Waals surface area contributed by atoms with E-state index in [1.54, 1.807) is 129 Å². The third kappa shape index (κ3) is 31.4. The number of cyclic esters (lactones) is 2. The summed E-state index contributed by atoms with van der Waals surface area (Å²) in [6, 6.07) is 5.68. The molecule has 578 valence electrons. The van der Waals surface area contributed by atoms with Crippen molar-refractivity contribution in [2.24, 2.45) is 17.8 Å². The van der Waals surface area contributed by atoms with E-state index >= 15 is 0 Å². The first-order chi connectivity index (χ1) is 48.6. The van der Waals surface area contributed by atoms with Crippen molar-refractivity contribution in [3.8, 4) is 0 Å². The molecule has 2 saturated heterocycles. The molecule has 2 unspecified atom stereocenters. The van der Waals surface area contributed by atoms with Crippen LogP contribution in [0.2, 0.25) is 0 Å². The fourth-order valence-corrected chi connectivity index (χ4v) is 12.1. The third-order valence-corrected chi connectivity index (χ3v) is 17.5. The molecule has 1 aromatic carbocycles. The molecule has 103 heavy (non-hydrogen) atoms. The highest BCUT2D eigenvalue weighted by Crippen LogP contribution is 2.39. The quantitative estimate of drug-likeness (QED) is 0.0668. The van der Waals surface area contributed by atoms with E-state index in [4.69, 9.17) is 39.4 Å². The molecule has 1 aromatic rings. The number of ether oxygens (including phenoxy) is 5. The van der Waals surface area contributed by atoms with E-state index in [-0.39, 0.29) is 50.0 Å². The monoisotopic (exact) mass is 1460 g/mol. The maximum absolute atomic E-state index is 14.0. The topological polar surface area (TPSA) is 474 Å². The van der Waals surface area contributed by atoms with Crippen LogP contribution >= 0.6 is 0 Å². The lowest BCUT2D eigenvalue weighted by Gasteiger charge is -2.46. The second kappa shape index (κ2) is 44.8. The number of benzene rings is 1. The van der Waals surface area contributed by atoms with Crippen molar-refractivity contribution in [1.29, 1.82) is 0 Å². The van der Waals surface area contributed by atoms with Gasteiger partial charge >= 0.3 is 11.9 Å². The number of aliphatic hydroxyl groups is 14. The summed E-state index contributed by atoms with van der Waals surface area (Å²) in [7, 11) is 8.75. The van der Waals surface area contributed by atoms with Crippen molar-refractivity contribution in [3.63, 3.8) is 0 Å². The Labute approximate surface area is 601 Å². The Bertz CT molecular complexity index is 3060. The molecule has 0 aromatic heterocycles. The van der Waals surface area contributed by atoms with Gasteiger partial charge in [0, 0.05) is 75.8 Å². The number of carbonyl (C=O) groups excluding carboxylic acids is 6. The van der Waals surface area contributed by atoms with Crippen molar-refractivity contribution in [1.82, 2.24) is 20.4 Å². The van der Waals surface area contributed by atoms with Gasteiger partial charge in [0.1, 0.15) is 30.2 Å². The van der Waals surface area contributed by atoms with E-state index in [0.717, 1.165) is 5.69 Å². The number of fused-ring (bicyclic) bond motifs is 2. The second-order valence-corrected chi connectivity index (χ2v) is 27.2. The minimum atomic E-state index is -2.32. The van der Waals surface area contributed by atoms with Gasteiger partial charge in [-0.3, -0.25) is 24.0 Å². The zero-order valence-electron chi connectivity index (χ0n) is 59.9. The lowest BCUT2D eigenvalue weighted by Crippen LogP contribution is -2.64. The Morgan fingerprint density at radius 2 is 1.27 bits per heavy atom. The van der Waals surface area contributed by atoms with Gasteiger partial charge in [0.2, 0.25) is 17.6 Å². The van der Waals surface area contributed by atoms with Gasteiger partial charge in [0.15, 0.2) is 29.7 Å². The summed E-state index contributed by atoms with van der Waals surface area (Å²) in [6.07, 6.45) is -0.589. The summed E-state index contributed by atoms with van der Waals surface area (Å²) in [5.74, 6) is -9.88. The Balaban J connectivity index is 0.00000169. The number of ketones is 2. The molecule has 4 heterocycles. The molecule has 2 bridgehead atoms. The van der Waals surface area contributed by atoms with Crippen molar-refractivity contribution < 1.29 is 124 Å². The molecule has 2 fully saturated rings. The number of rotatable bonds is 19. The van der Waals surface area contributed by atoms with Crippen LogP contribution in [0.5, 0.6) is 0 Å². The Hall–Kier alpha value is -6.92. The van der Waals surface area contributed by atoms with Gasteiger partial charge in [0.25, 0.3) is 0 Å². The fraction of sp³-hybridized carbons (Fsp3) is 0.616. The van der Waals surface area contributed by atoms with Crippen LogP contribution in [-0.4, -0.2) is 288 Å². The molecule has 4 aliphatic rings. The molecular formula is C73H111N5O25. The average molecular weight is 1460 g/mol. The molecule has 0 aliphatic carbocycles. The number of likely N-dealkylation sites (N-methyl/N-ethyl adjacent to an activating group) is 2.